The van der Waals surface area contributed by atoms with Crippen LogP contribution < -0.4 is 0 Å². The molecule has 0 atom stereocenters. The first-order valence-corrected chi connectivity index (χ1v) is 6.66. The highest BCUT2D eigenvalue weighted by molar-refractivity contribution is 7.86. The van der Waals surface area contributed by atoms with Gasteiger partial charge in [0.2, 0.25) is 0 Å². The molecule has 0 spiro atoms. The van der Waals surface area contributed by atoms with E-state index >= 15 is 0 Å². The van der Waals surface area contributed by atoms with Crippen LogP contribution in [0.15, 0.2) is 17.0 Å². The van der Waals surface area contributed by atoms with Crippen LogP contribution in [-0.2, 0) is 10.1 Å². The molecule has 0 saturated carbocycles. The first kappa shape index (κ1) is 12.8. The van der Waals surface area contributed by atoms with Crippen molar-refractivity contribution in [3.05, 3.63) is 27.5 Å². The first-order valence-electron chi connectivity index (χ1n) is 4.09. The van der Waals surface area contributed by atoms with Gasteiger partial charge in [0, 0.05) is 0 Å². The van der Waals surface area contributed by atoms with Gasteiger partial charge in [-0.25, -0.2) is 9.97 Å². The maximum absolute atomic E-state index is 11.0. The summed E-state index contributed by atoms with van der Waals surface area (Å²) in [5.74, 6) is 0. The van der Waals surface area contributed by atoms with Crippen LogP contribution >= 0.6 is 34.8 Å². The third-order valence-corrected chi connectivity index (χ3v) is 3.86. The van der Waals surface area contributed by atoms with Crippen LogP contribution in [0.25, 0.3) is 11.0 Å². The molecule has 0 aliphatic carbocycles. The van der Waals surface area contributed by atoms with Gasteiger partial charge in [0.15, 0.2) is 10.3 Å². The average molecular weight is 314 g/mol. The molecule has 9 heteroatoms. The summed E-state index contributed by atoms with van der Waals surface area (Å²) in [6, 6.07) is 2.30. The zero-order valence-electron chi connectivity index (χ0n) is 7.85. The zero-order valence-corrected chi connectivity index (χ0v) is 10.9. The van der Waals surface area contributed by atoms with E-state index in [1.165, 1.54) is 6.07 Å². The number of aromatic nitrogens is 2. The van der Waals surface area contributed by atoms with Gasteiger partial charge in [-0.15, -0.1) is 0 Å². The summed E-state index contributed by atoms with van der Waals surface area (Å²) in [6.45, 7) is 0. The van der Waals surface area contributed by atoms with Crippen LogP contribution in [0, 0.1) is 0 Å². The van der Waals surface area contributed by atoms with Gasteiger partial charge >= 0.3 is 0 Å². The van der Waals surface area contributed by atoms with Crippen LogP contribution in [0.3, 0.4) is 0 Å². The van der Waals surface area contributed by atoms with E-state index < -0.39 is 15.0 Å². The van der Waals surface area contributed by atoms with Gasteiger partial charge in [-0.05, 0) is 12.1 Å². The van der Waals surface area contributed by atoms with Crippen LogP contribution in [0.5, 0.6) is 0 Å². The van der Waals surface area contributed by atoms with E-state index in [4.69, 9.17) is 39.4 Å². The fourth-order valence-electron chi connectivity index (χ4n) is 1.21. The smallest absolute Gasteiger partial charge is 0.282 e. The molecule has 0 amide bonds. The lowest BCUT2D eigenvalue weighted by atomic mass is 10.3. The molecule has 0 aliphatic rings. The molecule has 1 N–H and O–H groups in total. The number of rotatable bonds is 1. The Morgan fingerprint density at radius 1 is 1.00 bits per heavy atom. The molecule has 5 nitrogen and oxygen atoms in total. The highest BCUT2D eigenvalue weighted by Gasteiger charge is 2.17. The number of halogens is 3. The fraction of sp³-hybridized carbons (Fsp3) is 0. The van der Waals surface area contributed by atoms with Gasteiger partial charge in [0.1, 0.15) is 4.90 Å². The van der Waals surface area contributed by atoms with Gasteiger partial charge in [-0.2, -0.15) is 8.42 Å². The Bertz CT molecular complexity index is 718. The minimum Gasteiger partial charge on any atom is -0.282 e. The quantitative estimate of drug-likeness (QED) is 0.819. The second-order valence-corrected chi connectivity index (χ2v) is 5.56. The second kappa shape index (κ2) is 4.22. The van der Waals surface area contributed by atoms with E-state index in [9.17, 15) is 8.42 Å². The number of hydrogen-bond acceptors (Lipinski definition) is 4. The van der Waals surface area contributed by atoms with Crippen LogP contribution in [0.4, 0.5) is 0 Å². The summed E-state index contributed by atoms with van der Waals surface area (Å²) in [5, 5.41) is -0.259. The summed E-state index contributed by atoms with van der Waals surface area (Å²) < 4.78 is 31.0. The van der Waals surface area contributed by atoms with Crippen LogP contribution in [0.1, 0.15) is 0 Å². The van der Waals surface area contributed by atoms with Crippen LogP contribution in [-0.4, -0.2) is 22.9 Å². The van der Waals surface area contributed by atoms with E-state index in [-0.39, 0.29) is 26.4 Å². The normalized spacial score (nSPS) is 12.0. The van der Waals surface area contributed by atoms with Crippen molar-refractivity contribution in [3.63, 3.8) is 0 Å². The maximum Gasteiger partial charge on any atom is 0.296 e. The van der Waals surface area contributed by atoms with Crippen molar-refractivity contribution in [3.8, 4) is 0 Å². The van der Waals surface area contributed by atoms with Crippen molar-refractivity contribution < 1.29 is 13.0 Å². The molecule has 1 aromatic heterocycles. The van der Waals surface area contributed by atoms with E-state index in [0.29, 0.717) is 0 Å². The van der Waals surface area contributed by atoms with E-state index in [1.807, 2.05) is 0 Å². The SMILES string of the molecule is O=S(=O)(O)c1cc2nc(Cl)c(Cl)nc2cc1Cl. The third kappa shape index (κ3) is 2.46. The van der Waals surface area contributed by atoms with E-state index in [1.54, 1.807) is 0 Å². The second-order valence-electron chi connectivity index (χ2n) is 3.05. The van der Waals surface area contributed by atoms with Gasteiger partial charge < -0.3 is 0 Å². The highest BCUT2D eigenvalue weighted by Crippen LogP contribution is 2.28. The van der Waals surface area contributed by atoms with E-state index in [0.717, 1.165) is 6.07 Å². The molecule has 0 radical (unpaired) electrons. The molecule has 0 saturated heterocycles. The predicted octanol–water partition coefficient (Wildman–Crippen LogP) is 2.84. The van der Waals surface area contributed by atoms with Gasteiger partial charge in [-0.1, -0.05) is 34.8 Å². The van der Waals surface area contributed by atoms with Crippen molar-refractivity contribution in [1.82, 2.24) is 9.97 Å². The summed E-state index contributed by atoms with van der Waals surface area (Å²) in [4.78, 5) is 7.24. The fourth-order valence-corrected chi connectivity index (χ4v) is 2.50. The number of hydrogen-bond donors (Lipinski definition) is 1. The lowest BCUT2D eigenvalue weighted by molar-refractivity contribution is 0.483. The molecule has 0 fully saturated rings. The van der Waals surface area contributed by atoms with Crippen molar-refractivity contribution in [2.75, 3.05) is 0 Å². The van der Waals surface area contributed by atoms with Crippen molar-refractivity contribution in [2.45, 2.75) is 4.90 Å². The molecular weight excluding hydrogens is 311 g/mol. The topological polar surface area (TPSA) is 80.2 Å². The summed E-state index contributed by atoms with van der Waals surface area (Å²) in [7, 11) is -4.42. The Hall–Kier alpha value is -0.660. The van der Waals surface area contributed by atoms with E-state index in [2.05, 4.69) is 9.97 Å². The Kier molecular flexibility index (Phi) is 3.17. The predicted molar refractivity (Wildman–Crippen MR) is 64.4 cm³/mol. The standard InChI is InChI=1S/C8H3Cl3N2O3S/c9-3-1-4-5(2-6(3)17(14,15)16)13-8(11)7(10)12-4/h1-2H,(H,14,15,16). The first-order chi connectivity index (χ1) is 7.79. The van der Waals surface area contributed by atoms with Crippen molar-refractivity contribution in [2.24, 2.45) is 0 Å². The number of fused-ring (bicyclic) bond motifs is 1. The molecule has 0 aliphatic heterocycles. The van der Waals surface area contributed by atoms with Crippen molar-refractivity contribution >= 4 is 56.0 Å². The molecular formula is C8H3Cl3N2O3S. The molecule has 0 bridgehead atoms. The molecule has 1 heterocycles. The minimum atomic E-state index is -4.42. The number of nitrogens with zero attached hydrogens (tertiary/aromatic N) is 2. The molecule has 17 heavy (non-hydrogen) atoms. The molecule has 1 aromatic carbocycles. The molecule has 0 unspecified atom stereocenters. The zero-order chi connectivity index (χ0) is 12.8. The summed E-state index contributed by atoms with van der Waals surface area (Å²) in [6.07, 6.45) is 0. The Labute approximate surface area is 111 Å². The molecule has 2 aromatic rings. The monoisotopic (exact) mass is 312 g/mol. The Morgan fingerprint density at radius 3 is 1.94 bits per heavy atom. The van der Waals surface area contributed by atoms with Crippen LogP contribution in [0.2, 0.25) is 15.3 Å². The number of benzene rings is 1. The van der Waals surface area contributed by atoms with Gasteiger partial charge in [0.05, 0.1) is 16.1 Å². The highest BCUT2D eigenvalue weighted by atomic mass is 35.5. The third-order valence-electron chi connectivity index (χ3n) is 1.91. The Balaban J connectivity index is 2.86. The summed E-state index contributed by atoms with van der Waals surface area (Å²) in [5.41, 5.74) is 0.438. The molecule has 90 valence electrons. The molecule has 2 rings (SSSR count). The largest absolute Gasteiger partial charge is 0.296 e. The van der Waals surface area contributed by atoms with Crippen molar-refractivity contribution in [1.29, 1.82) is 0 Å². The minimum absolute atomic E-state index is 0.0187. The maximum atomic E-state index is 11.0. The Morgan fingerprint density at radius 2 is 1.47 bits per heavy atom. The summed E-state index contributed by atoms with van der Waals surface area (Å²) >= 11 is 17.0. The lowest BCUT2D eigenvalue weighted by Crippen LogP contribution is -2.00. The van der Waals surface area contributed by atoms with Gasteiger partial charge in [0.25, 0.3) is 10.1 Å². The van der Waals surface area contributed by atoms with Gasteiger partial charge in [-0.3, -0.25) is 4.55 Å². The lowest BCUT2D eigenvalue weighted by Gasteiger charge is -2.04. The average Bonchev–Trinajstić information content (AvgIpc) is 2.18.